The van der Waals surface area contributed by atoms with Gasteiger partial charge in [0.2, 0.25) is 0 Å². The van der Waals surface area contributed by atoms with E-state index in [0.29, 0.717) is 31.4 Å². The average Bonchev–Trinajstić information content (AvgIpc) is 3.03. The van der Waals surface area contributed by atoms with Crippen molar-refractivity contribution >= 4 is 17.7 Å². The van der Waals surface area contributed by atoms with Crippen LogP contribution in [-0.2, 0) is 30.3 Å². The van der Waals surface area contributed by atoms with E-state index in [4.69, 9.17) is 9.47 Å². The summed E-state index contributed by atoms with van der Waals surface area (Å²) in [5, 5.41) is 0. The van der Waals surface area contributed by atoms with Crippen LogP contribution in [0.1, 0.15) is 90.5 Å². The molecule has 4 saturated carbocycles. The van der Waals surface area contributed by atoms with Gasteiger partial charge in [-0.25, -0.2) is 0 Å². The van der Waals surface area contributed by atoms with E-state index in [2.05, 4.69) is 32.6 Å². The average molecular weight is 507 g/mol. The van der Waals surface area contributed by atoms with Gasteiger partial charge in [0.25, 0.3) is 0 Å². The Labute approximate surface area is 221 Å². The Morgan fingerprint density at radius 2 is 1.76 bits per heavy atom. The molecule has 5 heteroatoms. The lowest BCUT2D eigenvalue weighted by atomic mass is 9.40. The SMILES string of the molecule is C=C1C(=O)[C@@]23CC[C@H]4[C@@](C)(CCC[C@@]4(C)C(=O)OCCCc4ccccc4)[C@@H]2CC[C@]1(OC(=O)CC)C3. The Morgan fingerprint density at radius 1 is 1.03 bits per heavy atom. The molecule has 0 saturated heterocycles. The second-order valence-corrected chi connectivity index (χ2v) is 12.6. The fraction of sp³-hybridized carbons (Fsp3) is 0.656. The molecule has 0 aromatic heterocycles. The summed E-state index contributed by atoms with van der Waals surface area (Å²) in [6.07, 6.45) is 8.42. The van der Waals surface area contributed by atoms with E-state index in [9.17, 15) is 14.4 Å². The molecule has 5 nitrogen and oxygen atoms in total. The van der Waals surface area contributed by atoms with Gasteiger partial charge in [0.15, 0.2) is 5.78 Å². The van der Waals surface area contributed by atoms with Crippen molar-refractivity contribution in [1.82, 2.24) is 0 Å². The maximum absolute atomic E-state index is 13.8. The maximum atomic E-state index is 13.8. The zero-order valence-electron chi connectivity index (χ0n) is 22.8. The molecule has 0 heterocycles. The number of benzene rings is 1. The zero-order valence-corrected chi connectivity index (χ0v) is 22.8. The van der Waals surface area contributed by atoms with E-state index in [-0.39, 0.29) is 35.0 Å². The minimum atomic E-state index is -0.834. The molecule has 2 bridgehead atoms. The minimum absolute atomic E-state index is 0.0726. The van der Waals surface area contributed by atoms with E-state index in [1.807, 2.05) is 18.2 Å². The summed E-state index contributed by atoms with van der Waals surface area (Å²) < 4.78 is 11.9. The van der Waals surface area contributed by atoms with Crippen LogP contribution in [0.2, 0.25) is 0 Å². The highest BCUT2D eigenvalue weighted by Crippen LogP contribution is 2.72. The van der Waals surface area contributed by atoms with Gasteiger partial charge in [-0.15, -0.1) is 0 Å². The third-order valence-electron chi connectivity index (χ3n) is 10.8. The Kier molecular flexibility index (Phi) is 6.65. The molecule has 0 radical (unpaired) electrons. The third kappa shape index (κ3) is 3.99. The number of ether oxygens (including phenoxy) is 2. The van der Waals surface area contributed by atoms with Crippen LogP contribution in [0, 0.1) is 28.1 Å². The molecule has 4 aliphatic rings. The molecule has 0 N–H and O–H groups in total. The van der Waals surface area contributed by atoms with Crippen molar-refractivity contribution in [1.29, 1.82) is 0 Å². The lowest BCUT2D eigenvalue weighted by Crippen LogP contribution is -2.60. The van der Waals surface area contributed by atoms with Crippen LogP contribution in [0.15, 0.2) is 42.5 Å². The van der Waals surface area contributed by atoms with Gasteiger partial charge < -0.3 is 9.47 Å². The number of aryl methyl sites for hydroxylation is 1. The van der Waals surface area contributed by atoms with Crippen LogP contribution in [0.25, 0.3) is 0 Å². The van der Waals surface area contributed by atoms with Crippen molar-refractivity contribution in [2.45, 2.75) is 97.0 Å². The van der Waals surface area contributed by atoms with Crippen LogP contribution in [0.4, 0.5) is 0 Å². The summed E-state index contributed by atoms with van der Waals surface area (Å²) in [5.41, 5.74) is -0.270. The molecule has 4 aliphatic carbocycles. The molecular formula is C32H42O5. The molecule has 200 valence electrons. The van der Waals surface area contributed by atoms with Gasteiger partial charge in [-0.1, -0.05) is 57.2 Å². The molecule has 37 heavy (non-hydrogen) atoms. The van der Waals surface area contributed by atoms with Gasteiger partial charge in [-0.05, 0) is 81.1 Å². The number of fused-ring (bicyclic) bond motifs is 3. The largest absolute Gasteiger partial charge is 0.465 e. The first-order valence-corrected chi connectivity index (χ1v) is 14.3. The molecule has 1 spiro atoms. The number of carbonyl (C=O) groups excluding carboxylic acids is 3. The monoisotopic (exact) mass is 506 g/mol. The second-order valence-electron chi connectivity index (χ2n) is 12.6. The lowest BCUT2D eigenvalue weighted by Gasteiger charge is -2.63. The Hall–Kier alpha value is -2.43. The Bertz CT molecular complexity index is 1090. The van der Waals surface area contributed by atoms with Gasteiger partial charge >= 0.3 is 11.9 Å². The molecule has 6 atom stereocenters. The lowest BCUT2D eigenvalue weighted by molar-refractivity contribution is -0.195. The summed E-state index contributed by atoms with van der Waals surface area (Å²) in [7, 11) is 0. The highest BCUT2D eigenvalue weighted by Gasteiger charge is 2.72. The van der Waals surface area contributed by atoms with E-state index < -0.39 is 16.4 Å². The highest BCUT2D eigenvalue weighted by molar-refractivity contribution is 6.05. The highest BCUT2D eigenvalue weighted by atomic mass is 16.6. The molecule has 4 fully saturated rings. The molecular weight excluding hydrogens is 464 g/mol. The quantitative estimate of drug-likeness (QED) is 0.244. The maximum Gasteiger partial charge on any atom is 0.312 e. The zero-order chi connectivity index (χ0) is 26.5. The summed E-state index contributed by atoms with van der Waals surface area (Å²) in [4.78, 5) is 39.7. The fourth-order valence-electron chi connectivity index (χ4n) is 9.03. The number of hydrogen-bond acceptors (Lipinski definition) is 5. The summed E-state index contributed by atoms with van der Waals surface area (Å²) >= 11 is 0. The van der Waals surface area contributed by atoms with Crippen LogP contribution in [0.3, 0.4) is 0 Å². The predicted octanol–water partition coefficient (Wildman–Crippen LogP) is 6.39. The first kappa shape index (κ1) is 26.2. The van der Waals surface area contributed by atoms with Gasteiger partial charge in [-0.2, -0.15) is 0 Å². The standard InChI is InChI=1S/C32H42O5/c1-5-26(33)37-32-19-15-25-29(3)16-10-17-30(4,24(29)14-18-31(25,21-32)27(34)22(32)2)28(35)36-20-9-13-23-11-7-6-8-12-23/h6-8,11-12,24-25H,2,5,9-10,13-21H2,1,3-4H3/t24-,25-,29+,30+,31+,32-/m0/s1. The number of Topliss-reactive ketones (excluding diaryl/α,β-unsaturated/α-hetero) is 1. The van der Waals surface area contributed by atoms with E-state index in [1.165, 1.54) is 5.56 Å². The predicted molar refractivity (Wildman–Crippen MR) is 142 cm³/mol. The van der Waals surface area contributed by atoms with Gasteiger partial charge in [0.1, 0.15) is 5.60 Å². The van der Waals surface area contributed by atoms with Crippen molar-refractivity contribution in [3.05, 3.63) is 48.0 Å². The number of ketones is 1. The summed E-state index contributed by atoms with van der Waals surface area (Å²) in [6.45, 7) is 10.8. The number of hydrogen-bond donors (Lipinski definition) is 0. The van der Waals surface area contributed by atoms with Crippen LogP contribution in [-0.4, -0.2) is 29.9 Å². The fourth-order valence-corrected chi connectivity index (χ4v) is 9.03. The number of esters is 2. The molecule has 0 amide bonds. The number of rotatable bonds is 7. The molecule has 5 rings (SSSR count). The topological polar surface area (TPSA) is 69.7 Å². The van der Waals surface area contributed by atoms with E-state index in [1.54, 1.807) is 6.92 Å². The Balaban J connectivity index is 1.33. The van der Waals surface area contributed by atoms with Crippen LogP contribution >= 0.6 is 0 Å². The van der Waals surface area contributed by atoms with Crippen molar-refractivity contribution in [3.63, 3.8) is 0 Å². The molecule has 1 aromatic carbocycles. The molecule has 1 aromatic rings. The first-order chi connectivity index (χ1) is 17.6. The minimum Gasteiger partial charge on any atom is -0.465 e. The first-order valence-electron chi connectivity index (χ1n) is 14.3. The van der Waals surface area contributed by atoms with E-state index in [0.717, 1.165) is 51.4 Å². The summed E-state index contributed by atoms with van der Waals surface area (Å²) in [5.74, 6) is 0.124. The van der Waals surface area contributed by atoms with Gasteiger partial charge in [0.05, 0.1) is 12.0 Å². The normalized spacial score (nSPS) is 38.5. The molecule has 0 aliphatic heterocycles. The van der Waals surface area contributed by atoms with Crippen molar-refractivity contribution in [3.8, 4) is 0 Å². The smallest absolute Gasteiger partial charge is 0.312 e. The summed E-state index contributed by atoms with van der Waals surface area (Å²) in [6, 6.07) is 10.3. The van der Waals surface area contributed by atoms with Crippen LogP contribution in [0.5, 0.6) is 0 Å². The van der Waals surface area contributed by atoms with Crippen molar-refractivity contribution < 1.29 is 23.9 Å². The van der Waals surface area contributed by atoms with Crippen molar-refractivity contribution in [2.24, 2.45) is 28.1 Å². The molecule has 0 unspecified atom stereocenters. The second kappa shape index (κ2) is 9.39. The van der Waals surface area contributed by atoms with E-state index >= 15 is 0 Å². The van der Waals surface area contributed by atoms with Gasteiger partial charge in [0, 0.05) is 23.8 Å². The third-order valence-corrected chi connectivity index (χ3v) is 10.8. The van der Waals surface area contributed by atoms with Gasteiger partial charge in [-0.3, -0.25) is 14.4 Å². The Morgan fingerprint density at radius 3 is 2.49 bits per heavy atom. The van der Waals surface area contributed by atoms with Crippen LogP contribution < -0.4 is 0 Å². The number of carbonyl (C=O) groups is 3. The van der Waals surface area contributed by atoms with Crippen molar-refractivity contribution in [2.75, 3.05) is 6.61 Å².